The smallest absolute Gasteiger partial charge is 0.320 e. The largest absolute Gasteiger partial charge is 0.351 e. The molecule has 1 aliphatic heterocycles. The zero-order valence-corrected chi connectivity index (χ0v) is 10.9. The van der Waals surface area contributed by atoms with Crippen molar-refractivity contribution in [1.29, 1.82) is 5.41 Å². The van der Waals surface area contributed by atoms with Crippen LogP contribution in [0, 0.1) is 17.0 Å². The second kappa shape index (κ2) is 6.26. The fraction of sp³-hybridized carbons (Fsp3) is 0.385. The van der Waals surface area contributed by atoms with Gasteiger partial charge in [-0.1, -0.05) is 13.8 Å². The van der Waals surface area contributed by atoms with E-state index in [0.717, 1.165) is 23.1 Å². The maximum Gasteiger partial charge on any atom is 0.320 e. The van der Waals surface area contributed by atoms with E-state index in [1.807, 2.05) is 13.8 Å². The van der Waals surface area contributed by atoms with Crippen LogP contribution in [0.4, 0.5) is 13.6 Å². The molecule has 0 aromatic heterocycles. The Morgan fingerprint density at radius 3 is 2.32 bits per heavy atom. The number of amidine groups is 1. The third-order valence-electron chi connectivity index (χ3n) is 2.76. The van der Waals surface area contributed by atoms with E-state index < -0.39 is 23.7 Å². The van der Waals surface area contributed by atoms with Crippen LogP contribution in [0.1, 0.15) is 38.3 Å². The molecule has 1 aromatic carbocycles. The summed E-state index contributed by atoms with van der Waals surface area (Å²) in [5, 5.41) is 7.56. The molecular weight excluding hydrogens is 252 g/mol. The van der Waals surface area contributed by atoms with Crippen LogP contribution in [0.25, 0.3) is 0 Å². The van der Waals surface area contributed by atoms with Gasteiger partial charge in [0, 0.05) is 12.5 Å². The van der Waals surface area contributed by atoms with Crippen LogP contribution >= 0.6 is 0 Å². The number of nitrogens with zero attached hydrogens (tertiary/aromatic N) is 1. The van der Waals surface area contributed by atoms with Gasteiger partial charge < -0.3 is 5.73 Å². The average molecular weight is 269 g/mol. The Labute approximate surface area is 110 Å². The minimum atomic E-state index is -0.776. The minimum Gasteiger partial charge on any atom is -0.351 e. The molecule has 1 fully saturated rings. The number of rotatable bonds is 1. The van der Waals surface area contributed by atoms with E-state index in [-0.39, 0.29) is 5.84 Å². The maximum absolute atomic E-state index is 13.1. The number of carbonyl (C=O) groups is 1. The zero-order valence-electron chi connectivity index (χ0n) is 10.9. The average Bonchev–Trinajstić information content (AvgIpc) is 2.72. The molecule has 1 atom stereocenters. The molecule has 4 nitrogen and oxygen atoms in total. The highest BCUT2D eigenvalue weighted by Crippen LogP contribution is 2.33. The number of benzene rings is 1. The Morgan fingerprint density at radius 2 is 1.84 bits per heavy atom. The molecule has 0 aliphatic carbocycles. The van der Waals surface area contributed by atoms with E-state index in [1.54, 1.807) is 0 Å². The predicted molar refractivity (Wildman–Crippen MR) is 68.8 cm³/mol. The number of hydrogen-bond acceptors (Lipinski definition) is 2. The summed E-state index contributed by atoms with van der Waals surface area (Å²) in [7, 11) is 0. The van der Waals surface area contributed by atoms with Gasteiger partial charge in [0.1, 0.15) is 17.5 Å². The quantitative estimate of drug-likeness (QED) is 0.807. The van der Waals surface area contributed by atoms with Crippen LogP contribution in [-0.4, -0.2) is 16.8 Å². The highest BCUT2D eigenvalue weighted by atomic mass is 19.1. The number of nitrogens with one attached hydrogen (secondary N) is 1. The highest BCUT2D eigenvalue weighted by Gasteiger charge is 2.33. The van der Waals surface area contributed by atoms with Gasteiger partial charge in [-0.25, -0.2) is 13.6 Å². The number of likely N-dealkylation sites (tertiary alicyclic amines) is 1. The van der Waals surface area contributed by atoms with Crippen LogP contribution in [0.15, 0.2) is 18.2 Å². The van der Waals surface area contributed by atoms with Gasteiger partial charge >= 0.3 is 6.03 Å². The number of carbonyl (C=O) groups excluding carboxylic acids is 1. The van der Waals surface area contributed by atoms with E-state index in [1.165, 1.54) is 0 Å². The monoisotopic (exact) mass is 269 g/mol. The lowest BCUT2D eigenvalue weighted by Crippen LogP contribution is -2.38. The number of halogens is 2. The van der Waals surface area contributed by atoms with E-state index in [0.29, 0.717) is 18.4 Å². The number of primary amides is 1. The third-order valence-corrected chi connectivity index (χ3v) is 2.76. The summed E-state index contributed by atoms with van der Waals surface area (Å²) in [4.78, 5) is 12.2. The Morgan fingerprint density at radius 1 is 1.32 bits per heavy atom. The Balaban J connectivity index is 0.000000861. The molecule has 1 heterocycles. The summed E-state index contributed by atoms with van der Waals surface area (Å²) in [6.07, 6.45) is 0.816. The molecule has 1 saturated heterocycles. The topological polar surface area (TPSA) is 70.2 Å². The van der Waals surface area contributed by atoms with Crippen molar-refractivity contribution in [2.75, 3.05) is 0 Å². The normalized spacial score (nSPS) is 18.0. The molecule has 0 unspecified atom stereocenters. The Kier molecular flexibility index (Phi) is 4.97. The molecule has 1 aliphatic rings. The summed E-state index contributed by atoms with van der Waals surface area (Å²) in [5.74, 6) is -1.34. The number of hydrogen-bond donors (Lipinski definition) is 2. The van der Waals surface area contributed by atoms with Crippen LogP contribution in [0.5, 0.6) is 0 Å². The van der Waals surface area contributed by atoms with Gasteiger partial charge in [0.25, 0.3) is 0 Å². The van der Waals surface area contributed by atoms with E-state index >= 15 is 0 Å². The zero-order chi connectivity index (χ0) is 14.6. The Bertz CT molecular complexity index is 471. The number of amides is 2. The molecule has 104 valence electrons. The molecule has 0 radical (unpaired) electrons. The molecule has 6 heteroatoms. The lowest BCUT2D eigenvalue weighted by molar-refractivity contribution is 0.221. The van der Waals surface area contributed by atoms with E-state index in [4.69, 9.17) is 11.1 Å². The standard InChI is InChI=1S/C11H11F2N3O.C2H6/c12-7-3-6(4-8(13)5-7)9-1-2-10(14)16(9)11(15)17;1-2/h3-5,9,14H,1-2H2,(H2,15,17);1-2H3/t9-;/m0./s1. The molecule has 2 amide bonds. The van der Waals surface area contributed by atoms with Gasteiger partial charge in [-0.2, -0.15) is 0 Å². The second-order valence-electron chi connectivity index (χ2n) is 3.91. The van der Waals surface area contributed by atoms with Crippen molar-refractivity contribution in [3.05, 3.63) is 35.4 Å². The highest BCUT2D eigenvalue weighted by molar-refractivity contribution is 5.97. The predicted octanol–water partition coefficient (Wildman–Crippen LogP) is 3.18. The molecule has 3 N–H and O–H groups in total. The van der Waals surface area contributed by atoms with Crippen molar-refractivity contribution >= 4 is 11.9 Å². The van der Waals surface area contributed by atoms with Crippen LogP contribution in [0.2, 0.25) is 0 Å². The molecule has 0 spiro atoms. The van der Waals surface area contributed by atoms with Crippen molar-refractivity contribution < 1.29 is 13.6 Å². The van der Waals surface area contributed by atoms with Gasteiger partial charge in [-0.3, -0.25) is 10.3 Å². The first-order valence-corrected chi connectivity index (χ1v) is 6.11. The molecule has 0 bridgehead atoms. The van der Waals surface area contributed by atoms with Gasteiger partial charge in [-0.15, -0.1) is 0 Å². The first-order valence-electron chi connectivity index (χ1n) is 6.11. The van der Waals surface area contributed by atoms with Gasteiger partial charge in [0.15, 0.2) is 0 Å². The SMILES string of the molecule is CC.N=C1CC[C@@H](c2cc(F)cc(F)c2)N1C(N)=O. The fourth-order valence-corrected chi connectivity index (χ4v) is 2.08. The van der Waals surface area contributed by atoms with Crippen molar-refractivity contribution in [2.45, 2.75) is 32.7 Å². The lowest BCUT2D eigenvalue weighted by Gasteiger charge is -2.22. The fourth-order valence-electron chi connectivity index (χ4n) is 2.08. The number of urea groups is 1. The summed E-state index contributed by atoms with van der Waals surface area (Å²) in [6, 6.07) is 1.75. The molecule has 0 saturated carbocycles. The van der Waals surface area contributed by atoms with Gasteiger partial charge in [-0.05, 0) is 24.1 Å². The first kappa shape index (κ1) is 15.1. The summed E-state index contributed by atoms with van der Waals surface area (Å²) >= 11 is 0. The minimum absolute atomic E-state index is 0.0761. The summed E-state index contributed by atoms with van der Waals surface area (Å²) < 4.78 is 26.2. The van der Waals surface area contributed by atoms with Gasteiger partial charge in [0.05, 0.1) is 6.04 Å². The van der Waals surface area contributed by atoms with Crippen molar-refractivity contribution in [2.24, 2.45) is 5.73 Å². The number of nitrogens with two attached hydrogens (primary N) is 1. The molecule has 19 heavy (non-hydrogen) atoms. The van der Waals surface area contributed by atoms with Crippen LogP contribution in [-0.2, 0) is 0 Å². The van der Waals surface area contributed by atoms with Crippen molar-refractivity contribution in [3.63, 3.8) is 0 Å². The molecule has 2 rings (SSSR count). The summed E-state index contributed by atoms with van der Waals surface area (Å²) in [5.41, 5.74) is 5.47. The second-order valence-corrected chi connectivity index (χ2v) is 3.91. The van der Waals surface area contributed by atoms with Gasteiger partial charge in [0.2, 0.25) is 0 Å². The van der Waals surface area contributed by atoms with E-state index in [9.17, 15) is 13.6 Å². The van der Waals surface area contributed by atoms with Crippen LogP contribution in [0.3, 0.4) is 0 Å². The first-order chi connectivity index (χ1) is 8.99. The molecular formula is C13H17F2N3O. The van der Waals surface area contributed by atoms with Crippen LogP contribution < -0.4 is 5.73 Å². The van der Waals surface area contributed by atoms with Crippen molar-refractivity contribution in [1.82, 2.24) is 4.90 Å². The van der Waals surface area contributed by atoms with E-state index in [2.05, 4.69) is 0 Å². The molecule has 1 aromatic rings. The lowest BCUT2D eigenvalue weighted by atomic mass is 10.0. The van der Waals surface area contributed by atoms with Crippen molar-refractivity contribution in [3.8, 4) is 0 Å². The Hall–Kier alpha value is -1.98. The summed E-state index contributed by atoms with van der Waals surface area (Å²) in [6.45, 7) is 4.00. The maximum atomic E-state index is 13.1. The third kappa shape index (κ3) is 3.27.